The summed E-state index contributed by atoms with van der Waals surface area (Å²) in [6.45, 7) is 1.81. The van der Waals surface area contributed by atoms with E-state index < -0.39 is 17.7 Å². The molecule has 180 valence electrons. The third-order valence-corrected chi connectivity index (χ3v) is 5.52. The Hall–Kier alpha value is -4.28. The highest BCUT2D eigenvalue weighted by Gasteiger charge is 2.30. The number of alkyl halides is 3. The van der Waals surface area contributed by atoms with Crippen LogP contribution in [0.2, 0.25) is 0 Å². The molecule has 4 aromatic rings. The molecule has 0 bridgehead atoms. The van der Waals surface area contributed by atoms with Crippen molar-refractivity contribution in [2.45, 2.75) is 13.1 Å². The van der Waals surface area contributed by atoms with Crippen LogP contribution in [0, 0.1) is 6.92 Å². The molecule has 0 unspecified atom stereocenters. The van der Waals surface area contributed by atoms with Crippen molar-refractivity contribution in [3.05, 3.63) is 71.2 Å². The summed E-state index contributed by atoms with van der Waals surface area (Å²) in [6, 6.07) is 9.90. The van der Waals surface area contributed by atoms with E-state index in [0.29, 0.717) is 22.6 Å². The minimum atomic E-state index is -4.44. The Bertz CT molecular complexity index is 1460. The van der Waals surface area contributed by atoms with E-state index in [2.05, 4.69) is 19.8 Å². The van der Waals surface area contributed by atoms with Crippen LogP contribution in [-0.4, -0.2) is 45.8 Å². The van der Waals surface area contributed by atoms with Gasteiger partial charge in [-0.15, -0.1) is 0 Å². The molecule has 0 saturated carbocycles. The average molecular weight is 483 g/mol. The number of esters is 1. The van der Waals surface area contributed by atoms with Gasteiger partial charge in [-0.3, -0.25) is 9.48 Å². The Balaban J connectivity index is 1.62. The molecule has 4 rings (SSSR count). The van der Waals surface area contributed by atoms with Crippen LogP contribution < -0.4 is 4.90 Å². The summed E-state index contributed by atoms with van der Waals surface area (Å²) in [6.07, 6.45) is -3.09. The number of hydrogen-bond acceptors (Lipinski definition) is 6. The molecule has 0 radical (unpaired) electrons. The molecular formula is C24H20F3N5O3. The van der Waals surface area contributed by atoms with Gasteiger partial charge in [0.1, 0.15) is 5.69 Å². The molecule has 0 N–H and O–H groups in total. The van der Waals surface area contributed by atoms with Gasteiger partial charge in [0, 0.05) is 43.0 Å². The molecule has 2 aromatic heterocycles. The van der Waals surface area contributed by atoms with Crippen molar-refractivity contribution in [2.75, 3.05) is 19.1 Å². The van der Waals surface area contributed by atoms with E-state index in [4.69, 9.17) is 0 Å². The molecule has 0 spiro atoms. The Kier molecular flexibility index (Phi) is 6.01. The van der Waals surface area contributed by atoms with Crippen LogP contribution in [0.15, 0.2) is 48.7 Å². The van der Waals surface area contributed by atoms with E-state index in [1.165, 1.54) is 35.0 Å². The van der Waals surface area contributed by atoms with E-state index in [9.17, 15) is 22.8 Å². The summed E-state index contributed by atoms with van der Waals surface area (Å²) < 4.78 is 44.8. The molecule has 2 heterocycles. The number of ether oxygens (including phenoxy) is 1. The van der Waals surface area contributed by atoms with Gasteiger partial charge in [-0.25, -0.2) is 14.8 Å². The van der Waals surface area contributed by atoms with E-state index in [0.717, 1.165) is 17.7 Å². The lowest BCUT2D eigenvalue weighted by atomic mass is 10.1. The van der Waals surface area contributed by atoms with Crippen LogP contribution in [0.1, 0.15) is 32.1 Å². The summed E-state index contributed by atoms with van der Waals surface area (Å²) in [5.74, 6) is -0.684. The molecule has 0 aliphatic rings. The van der Waals surface area contributed by atoms with Crippen LogP contribution in [0.4, 0.5) is 18.9 Å². The van der Waals surface area contributed by atoms with Crippen molar-refractivity contribution < 1.29 is 27.5 Å². The van der Waals surface area contributed by atoms with Crippen LogP contribution in [0.3, 0.4) is 0 Å². The Morgan fingerprint density at radius 2 is 1.83 bits per heavy atom. The first-order valence-corrected chi connectivity index (χ1v) is 10.3. The predicted molar refractivity (Wildman–Crippen MR) is 122 cm³/mol. The van der Waals surface area contributed by atoms with E-state index in [1.54, 1.807) is 32.3 Å². The van der Waals surface area contributed by atoms with E-state index >= 15 is 0 Å². The fraction of sp³-hybridized carbons (Fsp3) is 0.208. The normalized spacial score (nSPS) is 11.5. The molecule has 35 heavy (non-hydrogen) atoms. The topological polar surface area (TPSA) is 90.2 Å². The lowest BCUT2D eigenvalue weighted by Crippen LogP contribution is -2.28. The van der Waals surface area contributed by atoms with Crippen molar-refractivity contribution in [3.8, 4) is 11.4 Å². The summed E-state index contributed by atoms with van der Waals surface area (Å²) >= 11 is 0. The Labute approximate surface area is 198 Å². The number of nitrogens with zero attached hydrogens (tertiary/aromatic N) is 5. The Morgan fingerprint density at radius 3 is 2.49 bits per heavy atom. The minimum absolute atomic E-state index is 0.0228. The largest absolute Gasteiger partial charge is 0.464 e. The minimum Gasteiger partial charge on any atom is -0.464 e. The number of aromatic nitrogens is 4. The quantitative estimate of drug-likeness (QED) is 0.399. The van der Waals surface area contributed by atoms with Crippen molar-refractivity contribution >= 4 is 28.5 Å². The molecule has 8 nitrogen and oxygen atoms in total. The van der Waals surface area contributed by atoms with Gasteiger partial charge in [-0.1, -0.05) is 0 Å². The van der Waals surface area contributed by atoms with Crippen molar-refractivity contribution in [1.82, 2.24) is 19.7 Å². The number of halogens is 3. The zero-order chi connectivity index (χ0) is 25.5. The highest BCUT2D eigenvalue weighted by Crippen LogP contribution is 2.32. The summed E-state index contributed by atoms with van der Waals surface area (Å²) in [5.41, 5.74) is 1.83. The van der Waals surface area contributed by atoms with Gasteiger partial charge < -0.3 is 9.64 Å². The zero-order valence-electron chi connectivity index (χ0n) is 19.2. The van der Waals surface area contributed by atoms with Gasteiger partial charge >= 0.3 is 12.1 Å². The fourth-order valence-electron chi connectivity index (χ4n) is 3.67. The van der Waals surface area contributed by atoms with Gasteiger partial charge in [-0.2, -0.15) is 18.3 Å². The summed E-state index contributed by atoms with van der Waals surface area (Å²) in [7, 11) is 4.38. The van der Waals surface area contributed by atoms with Crippen LogP contribution in [0.25, 0.3) is 22.3 Å². The number of carbonyl (C=O) groups excluding carboxylic acids is 2. The highest BCUT2D eigenvalue weighted by atomic mass is 19.4. The maximum atomic E-state index is 13.1. The molecule has 0 aliphatic carbocycles. The number of fused-ring (bicyclic) bond motifs is 1. The lowest BCUT2D eigenvalue weighted by Gasteiger charge is -2.20. The molecule has 2 aromatic carbocycles. The van der Waals surface area contributed by atoms with Gasteiger partial charge in [-0.05, 0) is 48.9 Å². The molecule has 0 fully saturated rings. The Morgan fingerprint density at radius 1 is 1.09 bits per heavy atom. The summed E-state index contributed by atoms with van der Waals surface area (Å²) in [5, 5.41) is 4.30. The molecule has 1 amide bonds. The van der Waals surface area contributed by atoms with Gasteiger partial charge in [0.15, 0.2) is 11.5 Å². The number of aryl methyl sites for hydroxylation is 2. The van der Waals surface area contributed by atoms with Gasteiger partial charge in [0.05, 0.1) is 18.2 Å². The van der Waals surface area contributed by atoms with E-state index in [-0.39, 0.29) is 22.7 Å². The van der Waals surface area contributed by atoms with Gasteiger partial charge in [0.25, 0.3) is 5.91 Å². The second-order valence-corrected chi connectivity index (χ2v) is 7.86. The highest BCUT2D eigenvalue weighted by molar-refractivity contribution is 6.06. The first-order valence-electron chi connectivity index (χ1n) is 10.3. The number of amides is 1. The fourth-order valence-corrected chi connectivity index (χ4v) is 3.67. The maximum Gasteiger partial charge on any atom is 0.416 e. The number of benzene rings is 2. The van der Waals surface area contributed by atoms with Crippen LogP contribution in [-0.2, 0) is 18.0 Å². The van der Waals surface area contributed by atoms with Crippen LogP contribution in [0.5, 0.6) is 0 Å². The van der Waals surface area contributed by atoms with Crippen molar-refractivity contribution in [3.63, 3.8) is 0 Å². The molecule has 0 atom stereocenters. The monoisotopic (exact) mass is 483 g/mol. The number of anilines is 1. The second-order valence-electron chi connectivity index (χ2n) is 7.86. The first-order chi connectivity index (χ1) is 16.5. The molecule has 0 aliphatic heterocycles. The molecular weight excluding hydrogens is 463 g/mol. The standard InChI is InChI=1S/C24H20F3N5O3/c1-13-9-14(21-28-12-15-10-16(24(25,26)27)6-7-17(15)29-21)5-8-19(13)31(2)22(33)20-11-18(23(34)35-4)30-32(20)3/h5-12H,1-4H3. The van der Waals surface area contributed by atoms with Gasteiger partial charge in [0.2, 0.25) is 0 Å². The van der Waals surface area contributed by atoms with E-state index in [1.807, 2.05) is 6.92 Å². The molecule has 11 heteroatoms. The maximum absolute atomic E-state index is 13.1. The summed E-state index contributed by atoms with van der Waals surface area (Å²) in [4.78, 5) is 34.8. The third kappa shape index (κ3) is 4.57. The smallest absolute Gasteiger partial charge is 0.416 e. The number of rotatable bonds is 4. The molecule has 0 saturated heterocycles. The SMILES string of the molecule is COC(=O)c1cc(C(=O)N(C)c2ccc(-c3ncc4cc(C(F)(F)F)ccc4n3)cc2C)n(C)n1. The van der Waals surface area contributed by atoms with Crippen molar-refractivity contribution in [1.29, 1.82) is 0 Å². The number of methoxy groups -OCH3 is 1. The first kappa shape index (κ1) is 23.9. The van der Waals surface area contributed by atoms with Crippen molar-refractivity contribution in [2.24, 2.45) is 7.05 Å². The second kappa shape index (κ2) is 8.82. The predicted octanol–water partition coefficient (Wildman–Crippen LogP) is 4.42. The zero-order valence-corrected chi connectivity index (χ0v) is 19.2. The van der Waals surface area contributed by atoms with Crippen LogP contribution >= 0.6 is 0 Å². The lowest BCUT2D eigenvalue weighted by molar-refractivity contribution is -0.137. The third-order valence-electron chi connectivity index (χ3n) is 5.52. The average Bonchev–Trinajstić information content (AvgIpc) is 3.22. The number of carbonyl (C=O) groups is 2. The number of hydrogen-bond donors (Lipinski definition) is 0.